The molecule has 0 fully saturated rings. The molecule has 0 spiro atoms. The number of nitrogens with one attached hydrogen (secondary N) is 2. The first-order valence-electron chi connectivity index (χ1n) is 6.66. The van der Waals surface area contributed by atoms with Crippen molar-refractivity contribution in [3.63, 3.8) is 0 Å². The maximum atomic E-state index is 13.6. The van der Waals surface area contributed by atoms with Crippen molar-refractivity contribution in [2.45, 2.75) is 0 Å². The molecule has 2 aromatic carbocycles. The van der Waals surface area contributed by atoms with Gasteiger partial charge in [0.25, 0.3) is 0 Å². The van der Waals surface area contributed by atoms with Crippen molar-refractivity contribution in [1.29, 1.82) is 0 Å². The van der Waals surface area contributed by atoms with Gasteiger partial charge in [-0.05, 0) is 36.4 Å². The van der Waals surface area contributed by atoms with E-state index in [1.165, 1.54) is 30.5 Å². The molecule has 0 aliphatic rings. The Balaban J connectivity index is 1.80. The molecular formula is C15H9F4N5. The van der Waals surface area contributed by atoms with Crippen LogP contribution in [-0.4, -0.2) is 15.2 Å². The maximum absolute atomic E-state index is 13.6. The second-order valence-corrected chi connectivity index (χ2v) is 4.65. The minimum Gasteiger partial charge on any atom is -0.339 e. The molecule has 0 amide bonds. The highest BCUT2D eigenvalue weighted by Crippen LogP contribution is 2.22. The summed E-state index contributed by atoms with van der Waals surface area (Å²) in [5, 5.41) is 12.5. The Labute approximate surface area is 133 Å². The zero-order chi connectivity index (χ0) is 17.1. The van der Waals surface area contributed by atoms with E-state index < -0.39 is 23.3 Å². The lowest BCUT2D eigenvalue weighted by Crippen LogP contribution is -2.05. The van der Waals surface area contributed by atoms with Crippen molar-refractivity contribution in [3.05, 3.63) is 65.9 Å². The van der Waals surface area contributed by atoms with E-state index in [1.54, 1.807) is 0 Å². The third-order valence-corrected chi connectivity index (χ3v) is 2.96. The minimum absolute atomic E-state index is 0.132. The summed E-state index contributed by atoms with van der Waals surface area (Å²) in [7, 11) is 0. The van der Waals surface area contributed by atoms with Gasteiger partial charge in [-0.2, -0.15) is 10.1 Å². The fraction of sp³-hybridized carbons (Fsp3) is 0. The number of benzene rings is 2. The number of nitrogens with zero attached hydrogens (tertiary/aromatic N) is 3. The summed E-state index contributed by atoms with van der Waals surface area (Å²) in [5.74, 6) is -4.58. The second-order valence-electron chi connectivity index (χ2n) is 4.65. The van der Waals surface area contributed by atoms with Gasteiger partial charge < -0.3 is 10.6 Å². The van der Waals surface area contributed by atoms with Crippen LogP contribution in [0.5, 0.6) is 0 Å². The molecule has 122 valence electrons. The van der Waals surface area contributed by atoms with Gasteiger partial charge in [0, 0.05) is 5.69 Å². The second kappa shape index (κ2) is 6.49. The van der Waals surface area contributed by atoms with Gasteiger partial charge in [0.1, 0.15) is 5.82 Å². The normalized spacial score (nSPS) is 10.5. The molecule has 0 bridgehead atoms. The number of halogens is 4. The zero-order valence-electron chi connectivity index (χ0n) is 11.9. The summed E-state index contributed by atoms with van der Waals surface area (Å²) in [6.45, 7) is 0. The van der Waals surface area contributed by atoms with Crippen LogP contribution in [0.1, 0.15) is 0 Å². The summed E-state index contributed by atoms with van der Waals surface area (Å²) in [6, 6.07) is 7.27. The van der Waals surface area contributed by atoms with Crippen LogP contribution >= 0.6 is 0 Å². The maximum Gasteiger partial charge on any atom is 0.249 e. The number of rotatable bonds is 4. The van der Waals surface area contributed by atoms with Gasteiger partial charge in [-0.1, -0.05) is 0 Å². The van der Waals surface area contributed by atoms with E-state index in [2.05, 4.69) is 25.8 Å². The molecule has 3 rings (SSSR count). The lowest BCUT2D eigenvalue weighted by Gasteiger charge is -2.08. The minimum atomic E-state index is -1.60. The van der Waals surface area contributed by atoms with E-state index in [-0.39, 0.29) is 17.5 Å². The molecule has 0 saturated heterocycles. The Morgan fingerprint density at radius 2 is 1.54 bits per heavy atom. The molecule has 3 aromatic rings. The molecule has 24 heavy (non-hydrogen) atoms. The van der Waals surface area contributed by atoms with Crippen LogP contribution in [0.4, 0.5) is 40.7 Å². The van der Waals surface area contributed by atoms with Crippen LogP contribution < -0.4 is 10.6 Å². The molecule has 9 heteroatoms. The third-order valence-electron chi connectivity index (χ3n) is 2.96. The summed E-state index contributed by atoms with van der Waals surface area (Å²) < 4.78 is 52.6. The van der Waals surface area contributed by atoms with Gasteiger partial charge in [-0.3, -0.25) is 0 Å². The molecule has 1 aromatic heterocycles. The fourth-order valence-electron chi connectivity index (χ4n) is 1.84. The Hall–Kier alpha value is -3.23. The number of anilines is 4. The summed E-state index contributed by atoms with van der Waals surface area (Å²) in [4.78, 5) is 4.01. The highest BCUT2D eigenvalue weighted by atomic mass is 19.2. The van der Waals surface area contributed by atoms with Crippen LogP contribution in [0, 0.1) is 23.3 Å². The Bertz CT molecular complexity index is 870. The number of hydrogen-bond donors (Lipinski definition) is 2. The smallest absolute Gasteiger partial charge is 0.249 e. The van der Waals surface area contributed by atoms with Crippen LogP contribution in [-0.2, 0) is 0 Å². The molecular weight excluding hydrogens is 326 g/mol. The highest BCUT2D eigenvalue weighted by Gasteiger charge is 2.14. The summed E-state index contributed by atoms with van der Waals surface area (Å²) in [6.07, 6.45) is 1.29. The first-order chi connectivity index (χ1) is 11.5. The van der Waals surface area contributed by atoms with E-state index >= 15 is 0 Å². The van der Waals surface area contributed by atoms with Gasteiger partial charge in [0.15, 0.2) is 23.3 Å². The lowest BCUT2D eigenvalue weighted by molar-refractivity contribution is 0.449. The predicted octanol–water partition coefficient (Wildman–Crippen LogP) is 3.92. The first-order valence-corrected chi connectivity index (χ1v) is 6.66. The van der Waals surface area contributed by atoms with Crippen LogP contribution in [0.3, 0.4) is 0 Å². The Kier molecular flexibility index (Phi) is 4.23. The first kappa shape index (κ1) is 15.7. The number of hydrogen-bond acceptors (Lipinski definition) is 5. The van der Waals surface area contributed by atoms with Gasteiger partial charge in [0.2, 0.25) is 5.95 Å². The molecule has 0 aliphatic heterocycles. The summed E-state index contributed by atoms with van der Waals surface area (Å²) in [5.41, 5.74) is 0.205. The molecule has 0 saturated carbocycles. The SMILES string of the molecule is Fc1ccc(Nc2cnnc(Nc3ccc(F)c(F)c3F)n2)cc1. The van der Waals surface area contributed by atoms with E-state index in [4.69, 9.17) is 0 Å². The van der Waals surface area contributed by atoms with Gasteiger partial charge in [-0.15, -0.1) is 5.10 Å². The van der Waals surface area contributed by atoms with Crippen LogP contribution in [0.15, 0.2) is 42.6 Å². The molecule has 5 nitrogen and oxygen atoms in total. The van der Waals surface area contributed by atoms with E-state index in [0.29, 0.717) is 5.69 Å². The van der Waals surface area contributed by atoms with Crippen LogP contribution in [0.2, 0.25) is 0 Å². The fourth-order valence-corrected chi connectivity index (χ4v) is 1.84. The third kappa shape index (κ3) is 3.40. The average Bonchev–Trinajstić information content (AvgIpc) is 2.58. The highest BCUT2D eigenvalue weighted by molar-refractivity contribution is 5.58. The van der Waals surface area contributed by atoms with Gasteiger partial charge in [0.05, 0.1) is 11.9 Å². The topological polar surface area (TPSA) is 62.7 Å². The van der Waals surface area contributed by atoms with Crippen molar-refractivity contribution in [2.24, 2.45) is 0 Å². The van der Waals surface area contributed by atoms with Gasteiger partial charge in [-0.25, -0.2) is 17.6 Å². The molecule has 1 heterocycles. The van der Waals surface area contributed by atoms with Crippen LogP contribution in [0.25, 0.3) is 0 Å². The van der Waals surface area contributed by atoms with Crippen molar-refractivity contribution in [3.8, 4) is 0 Å². The Morgan fingerprint density at radius 3 is 2.29 bits per heavy atom. The van der Waals surface area contributed by atoms with Crippen molar-refractivity contribution < 1.29 is 17.6 Å². The molecule has 0 atom stereocenters. The molecule has 0 radical (unpaired) electrons. The Morgan fingerprint density at radius 1 is 0.792 bits per heavy atom. The monoisotopic (exact) mass is 335 g/mol. The standard InChI is InChI=1S/C15H9F4N5/c16-8-1-3-9(4-2-8)21-12-7-20-24-15(23-12)22-11-6-5-10(17)13(18)14(11)19/h1-7H,(H2,21,22,23,24). The van der Waals surface area contributed by atoms with Crippen molar-refractivity contribution >= 4 is 23.1 Å². The van der Waals surface area contributed by atoms with E-state index in [0.717, 1.165) is 12.1 Å². The molecule has 0 unspecified atom stereocenters. The van der Waals surface area contributed by atoms with Crippen molar-refractivity contribution in [1.82, 2.24) is 15.2 Å². The van der Waals surface area contributed by atoms with E-state index in [9.17, 15) is 17.6 Å². The van der Waals surface area contributed by atoms with Crippen molar-refractivity contribution in [2.75, 3.05) is 10.6 Å². The number of aromatic nitrogens is 3. The quantitative estimate of drug-likeness (QED) is 0.559. The zero-order valence-corrected chi connectivity index (χ0v) is 11.9. The predicted molar refractivity (Wildman–Crippen MR) is 79.1 cm³/mol. The largest absolute Gasteiger partial charge is 0.339 e. The molecule has 0 aliphatic carbocycles. The average molecular weight is 335 g/mol. The van der Waals surface area contributed by atoms with Gasteiger partial charge >= 0.3 is 0 Å². The summed E-state index contributed by atoms with van der Waals surface area (Å²) >= 11 is 0. The molecule has 2 N–H and O–H groups in total. The lowest BCUT2D eigenvalue weighted by atomic mass is 10.3. The van der Waals surface area contributed by atoms with E-state index in [1.807, 2.05) is 0 Å².